The minimum absolute atomic E-state index is 0.0324. The van der Waals surface area contributed by atoms with Crippen LogP contribution in [0.5, 0.6) is 0 Å². The van der Waals surface area contributed by atoms with E-state index >= 15 is 0 Å². The Labute approximate surface area is 119 Å². The summed E-state index contributed by atoms with van der Waals surface area (Å²) in [6.45, 7) is 4.29. The zero-order chi connectivity index (χ0) is 14.1. The van der Waals surface area contributed by atoms with Gasteiger partial charge < -0.3 is 4.98 Å². The van der Waals surface area contributed by atoms with Crippen LogP contribution in [0.1, 0.15) is 48.8 Å². The maximum Gasteiger partial charge on any atom is 0.251 e. The number of aryl methyl sites for hydroxylation is 1. The Kier molecular flexibility index (Phi) is 3.43. The van der Waals surface area contributed by atoms with Crippen LogP contribution in [0.25, 0.3) is 0 Å². The Hall–Kier alpha value is -1.90. The maximum atomic E-state index is 11.9. The molecule has 0 saturated carbocycles. The lowest BCUT2D eigenvalue weighted by Crippen LogP contribution is -2.16. The predicted molar refractivity (Wildman–Crippen MR) is 80.0 cm³/mol. The van der Waals surface area contributed by atoms with E-state index in [0.29, 0.717) is 5.92 Å². The molecule has 1 aliphatic rings. The molecule has 1 aliphatic carbocycles. The molecule has 1 unspecified atom stereocenters. The lowest BCUT2D eigenvalue weighted by molar-refractivity contribution is 0.622. The van der Waals surface area contributed by atoms with Crippen LogP contribution in [0.2, 0.25) is 0 Å². The van der Waals surface area contributed by atoms with Crippen molar-refractivity contribution in [2.75, 3.05) is 0 Å². The van der Waals surface area contributed by atoms with Gasteiger partial charge in [0.25, 0.3) is 5.56 Å². The molecule has 1 aromatic heterocycles. The number of hydrogen-bond acceptors (Lipinski definition) is 2. The van der Waals surface area contributed by atoms with Gasteiger partial charge in [-0.05, 0) is 36.3 Å². The number of benzene rings is 1. The van der Waals surface area contributed by atoms with Gasteiger partial charge in [0.05, 0.1) is 0 Å². The molecular formula is C17H20N2O. The normalized spacial score (nSPS) is 17.4. The fourth-order valence-corrected chi connectivity index (χ4v) is 3.06. The maximum absolute atomic E-state index is 11.9. The molecule has 1 aromatic carbocycles. The highest BCUT2D eigenvalue weighted by atomic mass is 16.1. The largest absolute Gasteiger partial charge is 0.310 e. The lowest BCUT2D eigenvalue weighted by Gasteiger charge is -2.12. The van der Waals surface area contributed by atoms with E-state index in [1.54, 1.807) is 6.07 Å². The molecule has 2 aromatic rings. The second-order valence-corrected chi connectivity index (χ2v) is 6.01. The molecule has 20 heavy (non-hydrogen) atoms. The average Bonchev–Trinajstić information content (AvgIpc) is 2.80. The van der Waals surface area contributed by atoms with E-state index in [0.717, 1.165) is 30.8 Å². The number of nitrogens with one attached hydrogen (secondary N) is 1. The summed E-state index contributed by atoms with van der Waals surface area (Å²) >= 11 is 0. The zero-order valence-corrected chi connectivity index (χ0v) is 12.0. The molecule has 0 radical (unpaired) electrons. The third kappa shape index (κ3) is 2.53. The Morgan fingerprint density at radius 3 is 2.95 bits per heavy atom. The average molecular weight is 268 g/mol. The van der Waals surface area contributed by atoms with Crippen LogP contribution in [0.4, 0.5) is 0 Å². The van der Waals surface area contributed by atoms with Crippen molar-refractivity contribution in [2.45, 2.75) is 39.0 Å². The van der Waals surface area contributed by atoms with Gasteiger partial charge >= 0.3 is 0 Å². The van der Waals surface area contributed by atoms with Crippen molar-refractivity contribution in [1.82, 2.24) is 9.97 Å². The topological polar surface area (TPSA) is 45.8 Å². The highest BCUT2D eigenvalue weighted by Crippen LogP contribution is 2.35. The summed E-state index contributed by atoms with van der Waals surface area (Å²) in [6.07, 6.45) is 2.96. The molecule has 1 N–H and O–H groups in total. The summed E-state index contributed by atoms with van der Waals surface area (Å²) in [4.78, 5) is 19.5. The highest BCUT2D eigenvalue weighted by Gasteiger charge is 2.25. The Balaban J connectivity index is 1.99. The van der Waals surface area contributed by atoms with E-state index in [1.165, 1.54) is 11.1 Å². The lowest BCUT2D eigenvalue weighted by atomic mass is 10.00. The molecule has 3 nitrogen and oxygen atoms in total. The van der Waals surface area contributed by atoms with Crippen molar-refractivity contribution in [2.24, 2.45) is 5.92 Å². The van der Waals surface area contributed by atoms with Crippen molar-refractivity contribution in [3.63, 3.8) is 0 Å². The monoisotopic (exact) mass is 268 g/mol. The first-order valence-corrected chi connectivity index (χ1v) is 7.31. The summed E-state index contributed by atoms with van der Waals surface area (Å²) in [5, 5.41) is 0. The molecule has 0 aliphatic heterocycles. The second kappa shape index (κ2) is 5.23. The molecule has 0 fully saturated rings. The number of aromatic amines is 1. The molecule has 0 saturated heterocycles. The number of aromatic nitrogens is 2. The van der Waals surface area contributed by atoms with E-state index in [2.05, 4.69) is 43.1 Å². The van der Waals surface area contributed by atoms with Crippen molar-refractivity contribution in [3.8, 4) is 0 Å². The van der Waals surface area contributed by atoms with Crippen molar-refractivity contribution >= 4 is 0 Å². The van der Waals surface area contributed by atoms with Crippen LogP contribution in [-0.4, -0.2) is 9.97 Å². The SMILES string of the molecule is CC(C)Cc1cc(=O)[nH]c(C2CCc3ccccc32)n1. The molecule has 0 spiro atoms. The first kappa shape index (κ1) is 13.1. The van der Waals surface area contributed by atoms with Gasteiger partial charge in [0, 0.05) is 17.7 Å². The second-order valence-electron chi connectivity index (χ2n) is 6.01. The molecule has 0 bridgehead atoms. The number of fused-ring (bicyclic) bond motifs is 1. The molecule has 104 valence electrons. The molecule has 0 amide bonds. The van der Waals surface area contributed by atoms with E-state index in [1.807, 2.05) is 0 Å². The van der Waals surface area contributed by atoms with Crippen LogP contribution >= 0.6 is 0 Å². The quantitative estimate of drug-likeness (QED) is 0.930. The number of hydrogen-bond donors (Lipinski definition) is 1. The minimum atomic E-state index is -0.0324. The fourth-order valence-electron chi connectivity index (χ4n) is 3.06. The fraction of sp³-hybridized carbons (Fsp3) is 0.412. The van der Waals surface area contributed by atoms with Gasteiger partial charge in [0.15, 0.2) is 0 Å². The molecule has 1 atom stereocenters. The summed E-state index contributed by atoms with van der Waals surface area (Å²) in [7, 11) is 0. The summed E-state index contributed by atoms with van der Waals surface area (Å²) in [6, 6.07) is 10.1. The van der Waals surface area contributed by atoms with E-state index in [9.17, 15) is 4.79 Å². The van der Waals surface area contributed by atoms with Gasteiger partial charge in [-0.1, -0.05) is 38.1 Å². The van der Waals surface area contributed by atoms with Crippen LogP contribution in [0.3, 0.4) is 0 Å². The Morgan fingerprint density at radius 2 is 2.15 bits per heavy atom. The summed E-state index contributed by atoms with van der Waals surface area (Å²) in [5.41, 5.74) is 3.57. The molecule has 3 rings (SSSR count). The van der Waals surface area contributed by atoms with Gasteiger partial charge in [-0.25, -0.2) is 4.98 Å². The third-order valence-corrected chi connectivity index (χ3v) is 3.89. The predicted octanol–water partition coefficient (Wildman–Crippen LogP) is 3.05. The standard InChI is InChI=1S/C17H20N2O/c1-11(2)9-13-10-16(20)19-17(18-13)15-8-7-12-5-3-4-6-14(12)15/h3-6,10-11,15H,7-9H2,1-2H3,(H,18,19,20). The minimum Gasteiger partial charge on any atom is -0.310 e. The molecular weight excluding hydrogens is 248 g/mol. The van der Waals surface area contributed by atoms with Gasteiger partial charge in [0.2, 0.25) is 0 Å². The first-order chi connectivity index (χ1) is 9.63. The third-order valence-electron chi connectivity index (χ3n) is 3.89. The van der Waals surface area contributed by atoms with Crippen molar-refractivity contribution < 1.29 is 0 Å². The van der Waals surface area contributed by atoms with Gasteiger partial charge in [-0.2, -0.15) is 0 Å². The Bertz CT molecular complexity index is 673. The van der Waals surface area contributed by atoms with Gasteiger partial charge in [-0.3, -0.25) is 4.79 Å². The smallest absolute Gasteiger partial charge is 0.251 e. The summed E-state index contributed by atoms with van der Waals surface area (Å²) < 4.78 is 0. The first-order valence-electron chi connectivity index (χ1n) is 7.31. The van der Waals surface area contributed by atoms with Crippen LogP contribution in [0.15, 0.2) is 35.1 Å². The van der Waals surface area contributed by atoms with Crippen molar-refractivity contribution in [3.05, 3.63) is 63.3 Å². The van der Waals surface area contributed by atoms with Crippen molar-refractivity contribution in [1.29, 1.82) is 0 Å². The molecule has 3 heteroatoms. The number of H-pyrrole nitrogens is 1. The number of nitrogens with zero attached hydrogens (tertiary/aromatic N) is 1. The van der Waals surface area contributed by atoms with Crippen LogP contribution in [-0.2, 0) is 12.8 Å². The zero-order valence-electron chi connectivity index (χ0n) is 12.0. The van der Waals surface area contributed by atoms with Gasteiger partial charge in [-0.15, -0.1) is 0 Å². The van der Waals surface area contributed by atoms with Crippen LogP contribution in [0, 0.1) is 5.92 Å². The highest BCUT2D eigenvalue weighted by molar-refractivity contribution is 5.38. The Morgan fingerprint density at radius 1 is 1.35 bits per heavy atom. The number of rotatable bonds is 3. The molecule has 1 heterocycles. The summed E-state index contributed by atoms with van der Waals surface area (Å²) in [5.74, 6) is 1.58. The van der Waals surface area contributed by atoms with Crippen LogP contribution < -0.4 is 5.56 Å². The van der Waals surface area contributed by atoms with Gasteiger partial charge in [0.1, 0.15) is 5.82 Å². The van der Waals surface area contributed by atoms with E-state index in [4.69, 9.17) is 4.98 Å². The van der Waals surface area contributed by atoms with E-state index in [-0.39, 0.29) is 11.5 Å². The van der Waals surface area contributed by atoms with E-state index < -0.39 is 0 Å².